The number of nitro groups is 1. The molecule has 0 aliphatic carbocycles. The Morgan fingerprint density at radius 1 is 1.36 bits per heavy atom. The summed E-state index contributed by atoms with van der Waals surface area (Å²) < 4.78 is 9.97. The zero-order valence-electron chi connectivity index (χ0n) is 16.0. The number of rotatable bonds is 7. The van der Waals surface area contributed by atoms with Crippen LogP contribution in [0.3, 0.4) is 0 Å². The Hall–Kier alpha value is -2.88. The number of nitro benzene ring substituents is 1. The summed E-state index contributed by atoms with van der Waals surface area (Å²) in [5.41, 5.74) is 0.215. The van der Waals surface area contributed by atoms with E-state index in [2.05, 4.69) is 0 Å². The Balaban J connectivity index is 2.22. The smallest absolute Gasteiger partial charge is 0.409 e. The monoisotopic (exact) mass is 395 g/mol. The van der Waals surface area contributed by atoms with Gasteiger partial charge in [-0.05, 0) is 12.5 Å². The van der Waals surface area contributed by atoms with Gasteiger partial charge in [0.2, 0.25) is 0 Å². The second kappa shape index (κ2) is 9.88. The fraction of sp³-hybridized carbons (Fsp3) is 0.556. The van der Waals surface area contributed by atoms with Crippen LogP contribution in [0.5, 0.6) is 0 Å². The summed E-state index contributed by atoms with van der Waals surface area (Å²) in [5, 5.41) is 20.9. The molecule has 1 N–H and O–H groups in total. The molecule has 0 saturated carbocycles. The maximum Gasteiger partial charge on any atom is 0.409 e. The van der Waals surface area contributed by atoms with Crippen molar-refractivity contribution in [3.8, 4) is 0 Å². The molecule has 1 heterocycles. The van der Waals surface area contributed by atoms with Gasteiger partial charge < -0.3 is 24.4 Å². The highest BCUT2D eigenvalue weighted by atomic mass is 16.6. The van der Waals surface area contributed by atoms with E-state index >= 15 is 0 Å². The first kappa shape index (κ1) is 21.4. The zero-order chi connectivity index (χ0) is 20.7. The number of unbranched alkanes of at least 4 members (excludes halogenated alkanes) is 1. The normalized spacial score (nSPS) is 16.6. The first-order valence-corrected chi connectivity index (χ1v) is 9.08. The van der Waals surface area contributed by atoms with Crippen LogP contribution in [-0.2, 0) is 9.47 Å². The van der Waals surface area contributed by atoms with E-state index in [0.717, 1.165) is 18.9 Å². The van der Waals surface area contributed by atoms with Gasteiger partial charge in [-0.15, -0.1) is 0 Å². The van der Waals surface area contributed by atoms with Crippen LogP contribution < -0.4 is 4.90 Å². The quantitative estimate of drug-likeness (QED) is 0.321. The number of aliphatic hydroxyl groups excluding tert-OH is 1. The topological polar surface area (TPSA) is 122 Å². The Labute approximate surface area is 162 Å². The molecule has 1 aromatic carbocycles. The number of methoxy groups -OCH3 is 1. The van der Waals surface area contributed by atoms with Crippen LogP contribution in [0.2, 0.25) is 0 Å². The number of carbonyl (C=O) groups is 2. The second-order valence-electron chi connectivity index (χ2n) is 6.39. The van der Waals surface area contributed by atoms with Crippen molar-refractivity contribution in [3.05, 3.63) is 33.9 Å². The average molecular weight is 395 g/mol. The summed E-state index contributed by atoms with van der Waals surface area (Å²) in [6.45, 7) is 2.94. The third kappa shape index (κ3) is 4.89. The molecular weight excluding hydrogens is 370 g/mol. The fourth-order valence-electron chi connectivity index (χ4n) is 3.05. The van der Waals surface area contributed by atoms with Crippen molar-refractivity contribution in [2.24, 2.45) is 0 Å². The molecule has 0 aromatic heterocycles. The number of hydrogen-bond donors (Lipinski definition) is 1. The van der Waals surface area contributed by atoms with Crippen LogP contribution in [0.4, 0.5) is 16.2 Å². The Morgan fingerprint density at radius 3 is 2.71 bits per heavy atom. The van der Waals surface area contributed by atoms with E-state index < -0.39 is 23.0 Å². The number of ether oxygens (including phenoxy) is 2. The number of aliphatic hydroxyl groups is 1. The average Bonchev–Trinajstić information content (AvgIpc) is 2.72. The third-order valence-electron chi connectivity index (χ3n) is 4.58. The predicted octanol–water partition coefficient (Wildman–Crippen LogP) is 1.80. The van der Waals surface area contributed by atoms with Gasteiger partial charge in [-0.25, -0.2) is 9.59 Å². The number of benzene rings is 1. The minimum Gasteiger partial charge on any atom is -0.465 e. The number of hydrogen-bond acceptors (Lipinski definition) is 8. The Bertz CT molecular complexity index is 725. The number of anilines is 1. The number of piperazine rings is 1. The second-order valence-corrected chi connectivity index (χ2v) is 6.39. The van der Waals surface area contributed by atoms with E-state index in [-0.39, 0.29) is 24.4 Å². The summed E-state index contributed by atoms with van der Waals surface area (Å²) in [4.78, 5) is 38.0. The summed E-state index contributed by atoms with van der Waals surface area (Å²) in [6.07, 6.45) is 1.25. The van der Waals surface area contributed by atoms with Crippen molar-refractivity contribution in [1.29, 1.82) is 0 Å². The molecule has 1 fully saturated rings. The van der Waals surface area contributed by atoms with Gasteiger partial charge in [-0.1, -0.05) is 13.3 Å². The van der Waals surface area contributed by atoms with Crippen molar-refractivity contribution < 1.29 is 29.1 Å². The van der Waals surface area contributed by atoms with Crippen LogP contribution >= 0.6 is 0 Å². The summed E-state index contributed by atoms with van der Waals surface area (Å²) in [7, 11) is 1.19. The van der Waals surface area contributed by atoms with Gasteiger partial charge in [-0.3, -0.25) is 10.1 Å². The lowest BCUT2D eigenvalue weighted by Gasteiger charge is -2.42. The molecule has 2 rings (SSSR count). The zero-order valence-corrected chi connectivity index (χ0v) is 16.0. The highest BCUT2D eigenvalue weighted by Gasteiger charge is 2.32. The van der Waals surface area contributed by atoms with E-state index in [1.165, 1.54) is 24.1 Å². The van der Waals surface area contributed by atoms with Gasteiger partial charge in [0.05, 0.1) is 42.5 Å². The van der Waals surface area contributed by atoms with Crippen LogP contribution in [0.25, 0.3) is 0 Å². The number of amides is 1. The minimum atomic E-state index is -0.711. The molecule has 0 radical (unpaired) electrons. The van der Waals surface area contributed by atoms with Gasteiger partial charge in [0, 0.05) is 31.8 Å². The van der Waals surface area contributed by atoms with Crippen LogP contribution in [0.1, 0.15) is 30.1 Å². The first-order valence-electron chi connectivity index (χ1n) is 9.08. The molecule has 10 heteroatoms. The Kier molecular flexibility index (Phi) is 7.56. The minimum absolute atomic E-state index is 0.0362. The third-order valence-corrected chi connectivity index (χ3v) is 4.58. The molecule has 1 aromatic rings. The van der Waals surface area contributed by atoms with Gasteiger partial charge in [-0.2, -0.15) is 0 Å². The molecule has 28 heavy (non-hydrogen) atoms. The van der Waals surface area contributed by atoms with E-state index in [0.29, 0.717) is 25.4 Å². The van der Waals surface area contributed by atoms with Crippen LogP contribution in [0.15, 0.2) is 18.2 Å². The number of nitrogens with zero attached hydrogens (tertiary/aromatic N) is 3. The number of carbonyl (C=O) groups excluding carboxylic acids is 2. The molecule has 1 unspecified atom stereocenters. The van der Waals surface area contributed by atoms with E-state index in [1.54, 1.807) is 4.90 Å². The molecule has 1 saturated heterocycles. The van der Waals surface area contributed by atoms with Crippen molar-refractivity contribution in [3.63, 3.8) is 0 Å². The van der Waals surface area contributed by atoms with E-state index in [1.807, 2.05) is 6.92 Å². The summed E-state index contributed by atoms with van der Waals surface area (Å²) >= 11 is 0. The van der Waals surface area contributed by atoms with Crippen molar-refractivity contribution in [2.75, 3.05) is 44.9 Å². The highest BCUT2D eigenvalue weighted by molar-refractivity contribution is 5.96. The summed E-state index contributed by atoms with van der Waals surface area (Å²) in [6, 6.07) is 3.42. The molecule has 1 atom stereocenters. The molecular formula is C18H25N3O7. The maximum absolute atomic E-state index is 12.2. The molecule has 1 aliphatic rings. The van der Waals surface area contributed by atoms with Crippen molar-refractivity contribution in [1.82, 2.24) is 4.90 Å². The predicted molar refractivity (Wildman–Crippen MR) is 100 cm³/mol. The largest absolute Gasteiger partial charge is 0.465 e. The number of non-ortho nitro benzene ring substituents is 1. The molecule has 10 nitrogen and oxygen atoms in total. The molecule has 0 spiro atoms. The van der Waals surface area contributed by atoms with Gasteiger partial charge in [0.1, 0.15) is 0 Å². The van der Waals surface area contributed by atoms with Gasteiger partial charge in [0.15, 0.2) is 0 Å². The van der Waals surface area contributed by atoms with E-state index in [4.69, 9.17) is 9.47 Å². The van der Waals surface area contributed by atoms with Crippen molar-refractivity contribution in [2.45, 2.75) is 25.8 Å². The molecule has 154 valence electrons. The van der Waals surface area contributed by atoms with Crippen LogP contribution in [-0.4, -0.2) is 73.0 Å². The van der Waals surface area contributed by atoms with Crippen molar-refractivity contribution >= 4 is 23.4 Å². The summed E-state index contributed by atoms with van der Waals surface area (Å²) in [5.74, 6) is -0.711. The molecule has 1 amide bonds. The standard InChI is InChI=1S/C18H25N3O7/c1-3-4-9-28-18(24)19-7-8-20(14(11-19)12-22)16-6-5-13(21(25)26)10-15(16)17(23)27-2/h5-6,10,14,22H,3-4,7-9,11-12H2,1-2H3. The first-order chi connectivity index (χ1) is 13.4. The lowest BCUT2D eigenvalue weighted by atomic mass is 10.1. The van der Waals surface area contributed by atoms with Gasteiger partial charge >= 0.3 is 12.1 Å². The number of esters is 1. The fourth-order valence-corrected chi connectivity index (χ4v) is 3.05. The lowest BCUT2D eigenvalue weighted by molar-refractivity contribution is -0.384. The molecule has 0 bridgehead atoms. The Morgan fingerprint density at radius 2 is 2.11 bits per heavy atom. The molecule has 1 aliphatic heterocycles. The lowest BCUT2D eigenvalue weighted by Crippen LogP contribution is -2.56. The maximum atomic E-state index is 12.2. The highest BCUT2D eigenvalue weighted by Crippen LogP contribution is 2.29. The van der Waals surface area contributed by atoms with Crippen LogP contribution in [0, 0.1) is 10.1 Å². The van der Waals surface area contributed by atoms with E-state index in [9.17, 15) is 24.8 Å². The van der Waals surface area contributed by atoms with Gasteiger partial charge in [0.25, 0.3) is 5.69 Å². The SMILES string of the molecule is CCCCOC(=O)N1CCN(c2ccc([N+](=O)[O-])cc2C(=O)OC)C(CO)C1.